The van der Waals surface area contributed by atoms with Crippen molar-refractivity contribution in [2.24, 2.45) is 11.5 Å². The third-order valence-corrected chi connectivity index (χ3v) is 3.95. The smallest absolute Gasteiger partial charge is 0.242 e. The summed E-state index contributed by atoms with van der Waals surface area (Å²) in [5.41, 5.74) is 9.53. The van der Waals surface area contributed by atoms with E-state index in [2.05, 4.69) is 0 Å². The van der Waals surface area contributed by atoms with E-state index in [0.717, 1.165) is 0 Å². The van der Waals surface area contributed by atoms with Crippen molar-refractivity contribution in [2.75, 3.05) is 0 Å². The molecule has 2 rings (SSSR count). The van der Waals surface area contributed by atoms with Gasteiger partial charge in [0.1, 0.15) is 0 Å². The zero-order chi connectivity index (χ0) is 15.6. The van der Waals surface area contributed by atoms with Gasteiger partial charge in [-0.15, -0.1) is 0 Å². The van der Waals surface area contributed by atoms with E-state index in [4.69, 9.17) is 34.7 Å². The quantitative estimate of drug-likeness (QED) is 0.846. The van der Waals surface area contributed by atoms with Crippen LogP contribution in [-0.4, -0.2) is 11.8 Å². The van der Waals surface area contributed by atoms with Gasteiger partial charge in [-0.3, -0.25) is 9.59 Å². The van der Waals surface area contributed by atoms with Crippen molar-refractivity contribution in [3.8, 4) is 0 Å². The molecule has 0 aromatic heterocycles. The summed E-state index contributed by atoms with van der Waals surface area (Å²) >= 11 is 12.3. The van der Waals surface area contributed by atoms with Crippen LogP contribution < -0.4 is 11.5 Å². The maximum atomic E-state index is 12.2. The van der Waals surface area contributed by atoms with Gasteiger partial charge in [0.15, 0.2) is 5.41 Å². The molecule has 4 N–H and O–H groups in total. The summed E-state index contributed by atoms with van der Waals surface area (Å²) < 4.78 is 0. The Hall–Kier alpha value is -2.04. The Morgan fingerprint density at radius 2 is 1.10 bits per heavy atom. The van der Waals surface area contributed by atoms with E-state index >= 15 is 0 Å². The van der Waals surface area contributed by atoms with Crippen molar-refractivity contribution < 1.29 is 9.59 Å². The summed E-state index contributed by atoms with van der Waals surface area (Å²) in [5.74, 6) is -1.87. The van der Waals surface area contributed by atoms with Gasteiger partial charge in [0.05, 0.1) is 0 Å². The van der Waals surface area contributed by atoms with Crippen molar-refractivity contribution in [2.45, 2.75) is 5.41 Å². The molecule has 0 saturated carbocycles. The normalized spacial score (nSPS) is 11.1. The van der Waals surface area contributed by atoms with E-state index < -0.39 is 17.2 Å². The molecule has 2 aromatic carbocycles. The molecule has 0 aliphatic rings. The van der Waals surface area contributed by atoms with Crippen LogP contribution in [0.15, 0.2) is 48.5 Å². The molecular formula is C15H12Cl2N2O2. The second-order valence-electron chi connectivity index (χ2n) is 4.44. The summed E-state index contributed by atoms with van der Waals surface area (Å²) in [4.78, 5) is 24.3. The SMILES string of the molecule is NC(=O)C(C(N)=O)(c1ccccc1Cl)c1ccccc1Cl. The Bertz CT molecular complexity index is 655. The highest BCUT2D eigenvalue weighted by Crippen LogP contribution is 2.39. The Kier molecular flexibility index (Phi) is 4.21. The number of primary amides is 2. The molecule has 0 aliphatic heterocycles. The molecule has 0 atom stereocenters. The molecule has 2 aromatic rings. The Morgan fingerprint density at radius 3 is 1.38 bits per heavy atom. The van der Waals surface area contributed by atoms with Gasteiger partial charge in [-0.05, 0) is 12.1 Å². The predicted octanol–water partition coefficient (Wildman–Crippen LogP) is 2.25. The fourth-order valence-electron chi connectivity index (χ4n) is 2.33. The lowest BCUT2D eigenvalue weighted by atomic mass is 9.73. The standard InChI is InChI=1S/C15H12Cl2N2O2/c16-11-7-3-1-5-9(11)15(13(18)20,14(19)21)10-6-2-4-8-12(10)17/h1-8H,(H2,18,20)(H2,19,21). The van der Waals surface area contributed by atoms with Gasteiger partial charge in [0.2, 0.25) is 11.8 Å². The lowest BCUT2D eigenvalue weighted by Gasteiger charge is -2.29. The van der Waals surface area contributed by atoms with Crippen molar-refractivity contribution in [3.05, 3.63) is 69.7 Å². The third kappa shape index (κ3) is 2.37. The Morgan fingerprint density at radius 1 is 0.762 bits per heavy atom. The van der Waals surface area contributed by atoms with Gasteiger partial charge in [-0.2, -0.15) is 0 Å². The zero-order valence-electron chi connectivity index (χ0n) is 10.8. The van der Waals surface area contributed by atoms with Crippen LogP contribution in [0.4, 0.5) is 0 Å². The first-order valence-corrected chi connectivity index (χ1v) is 6.77. The van der Waals surface area contributed by atoms with Crippen LogP contribution in [0.3, 0.4) is 0 Å². The molecule has 6 heteroatoms. The summed E-state index contributed by atoms with van der Waals surface area (Å²) in [6.07, 6.45) is 0. The number of hydrogen-bond donors (Lipinski definition) is 2. The number of rotatable bonds is 4. The molecule has 4 nitrogen and oxygen atoms in total. The summed E-state index contributed by atoms with van der Waals surface area (Å²) in [5, 5.41) is 0.407. The van der Waals surface area contributed by atoms with Crippen molar-refractivity contribution in [1.82, 2.24) is 0 Å². The number of halogens is 2. The van der Waals surface area contributed by atoms with Gasteiger partial charge in [-0.25, -0.2) is 0 Å². The van der Waals surface area contributed by atoms with E-state index in [9.17, 15) is 9.59 Å². The lowest BCUT2D eigenvalue weighted by Crippen LogP contribution is -2.52. The highest BCUT2D eigenvalue weighted by molar-refractivity contribution is 6.34. The average Bonchev–Trinajstić information content (AvgIpc) is 2.42. The van der Waals surface area contributed by atoms with E-state index in [-0.39, 0.29) is 21.2 Å². The molecular weight excluding hydrogens is 311 g/mol. The molecule has 0 aliphatic carbocycles. The van der Waals surface area contributed by atoms with Crippen LogP contribution in [-0.2, 0) is 15.0 Å². The second-order valence-corrected chi connectivity index (χ2v) is 5.25. The predicted molar refractivity (Wildman–Crippen MR) is 82.1 cm³/mol. The molecule has 0 saturated heterocycles. The summed E-state index contributed by atoms with van der Waals surface area (Å²) in [6.45, 7) is 0. The van der Waals surface area contributed by atoms with Crippen LogP contribution in [0.25, 0.3) is 0 Å². The number of benzene rings is 2. The summed E-state index contributed by atoms with van der Waals surface area (Å²) in [6, 6.07) is 12.8. The number of carbonyl (C=O) groups excluding carboxylic acids is 2. The van der Waals surface area contributed by atoms with Crippen LogP contribution >= 0.6 is 23.2 Å². The van der Waals surface area contributed by atoms with Gasteiger partial charge < -0.3 is 11.5 Å². The minimum absolute atomic E-state index is 0.204. The first kappa shape index (κ1) is 15.4. The van der Waals surface area contributed by atoms with Crippen molar-refractivity contribution in [1.29, 1.82) is 0 Å². The zero-order valence-corrected chi connectivity index (χ0v) is 12.4. The van der Waals surface area contributed by atoms with Gasteiger partial charge in [-0.1, -0.05) is 59.6 Å². The monoisotopic (exact) mass is 322 g/mol. The molecule has 0 unspecified atom stereocenters. The Labute approximate surface area is 131 Å². The van der Waals surface area contributed by atoms with Crippen LogP contribution in [0, 0.1) is 0 Å². The van der Waals surface area contributed by atoms with E-state index in [1.54, 1.807) is 36.4 Å². The molecule has 0 fully saturated rings. The third-order valence-electron chi connectivity index (χ3n) is 3.29. The number of carbonyl (C=O) groups is 2. The molecule has 21 heavy (non-hydrogen) atoms. The number of amides is 2. The maximum Gasteiger partial charge on any atom is 0.242 e. The first-order chi connectivity index (χ1) is 9.92. The van der Waals surface area contributed by atoms with Crippen molar-refractivity contribution >= 4 is 35.0 Å². The van der Waals surface area contributed by atoms with Gasteiger partial charge in [0, 0.05) is 21.2 Å². The minimum Gasteiger partial charge on any atom is -0.368 e. The van der Waals surface area contributed by atoms with E-state index in [0.29, 0.717) is 0 Å². The number of hydrogen-bond acceptors (Lipinski definition) is 2. The van der Waals surface area contributed by atoms with Gasteiger partial charge in [0.25, 0.3) is 0 Å². The number of nitrogens with two attached hydrogens (primary N) is 2. The van der Waals surface area contributed by atoms with Crippen LogP contribution in [0.2, 0.25) is 10.0 Å². The molecule has 2 amide bonds. The minimum atomic E-state index is -1.92. The second kappa shape index (κ2) is 5.76. The fourth-order valence-corrected chi connectivity index (χ4v) is 2.88. The average molecular weight is 323 g/mol. The van der Waals surface area contributed by atoms with Crippen LogP contribution in [0.1, 0.15) is 11.1 Å². The first-order valence-electron chi connectivity index (χ1n) is 6.02. The fraction of sp³-hybridized carbons (Fsp3) is 0.0667. The molecule has 108 valence electrons. The van der Waals surface area contributed by atoms with Crippen molar-refractivity contribution in [3.63, 3.8) is 0 Å². The lowest BCUT2D eigenvalue weighted by molar-refractivity contribution is -0.132. The Balaban J connectivity index is 2.91. The molecule has 0 bridgehead atoms. The summed E-state index contributed by atoms with van der Waals surface area (Å²) in [7, 11) is 0. The molecule has 0 radical (unpaired) electrons. The highest BCUT2D eigenvalue weighted by atomic mass is 35.5. The largest absolute Gasteiger partial charge is 0.368 e. The van der Waals surface area contributed by atoms with E-state index in [1.165, 1.54) is 12.1 Å². The maximum absolute atomic E-state index is 12.2. The van der Waals surface area contributed by atoms with E-state index in [1.807, 2.05) is 0 Å². The molecule has 0 heterocycles. The molecule has 0 spiro atoms. The topological polar surface area (TPSA) is 86.2 Å². The van der Waals surface area contributed by atoms with Gasteiger partial charge >= 0.3 is 0 Å². The highest BCUT2D eigenvalue weighted by Gasteiger charge is 2.48. The van der Waals surface area contributed by atoms with Crippen LogP contribution in [0.5, 0.6) is 0 Å².